The summed E-state index contributed by atoms with van der Waals surface area (Å²) in [6, 6.07) is 8.29. The zero-order valence-electron chi connectivity index (χ0n) is 10.3. The molecule has 0 radical (unpaired) electrons. The van der Waals surface area contributed by atoms with Gasteiger partial charge in [-0.15, -0.1) is 0 Å². The fourth-order valence-electron chi connectivity index (χ4n) is 2.96. The number of benzene rings is 1. The van der Waals surface area contributed by atoms with Crippen molar-refractivity contribution in [1.82, 2.24) is 5.43 Å². The van der Waals surface area contributed by atoms with Crippen molar-refractivity contribution in [3.63, 3.8) is 0 Å². The quantitative estimate of drug-likeness (QED) is 0.634. The molecule has 0 bridgehead atoms. The Morgan fingerprint density at radius 1 is 1.35 bits per heavy atom. The van der Waals surface area contributed by atoms with Crippen LogP contribution in [0.15, 0.2) is 24.3 Å². The minimum Gasteiger partial charge on any atom is -0.271 e. The molecule has 17 heavy (non-hydrogen) atoms. The molecule has 1 fully saturated rings. The summed E-state index contributed by atoms with van der Waals surface area (Å²) in [6.07, 6.45) is 5.19. The molecule has 1 aromatic carbocycles. The van der Waals surface area contributed by atoms with Crippen LogP contribution in [0.2, 0.25) is 5.02 Å². The Morgan fingerprint density at radius 3 is 2.59 bits per heavy atom. The fourth-order valence-corrected chi connectivity index (χ4v) is 3.09. The third-order valence-electron chi connectivity index (χ3n) is 4.04. The van der Waals surface area contributed by atoms with Crippen molar-refractivity contribution in [2.24, 2.45) is 17.7 Å². The summed E-state index contributed by atoms with van der Waals surface area (Å²) in [5, 5.41) is 0.780. The van der Waals surface area contributed by atoms with Gasteiger partial charge < -0.3 is 0 Å². The maximum absolute atomic E-state index is 5.91. The number of hydrogen-bond donors (Lipinski definition) is 2. The maximum Gasteiger partial charge on any atom is 0.0488 e. The lowest BCUT2D eigenvalue weighted by Crippen LogP contribution is -2.32. The van der Waals surface area contributed by atoms with Crippen LogP contribution in [-0.4, -0.2) is 0 Å². The molecule has 0 amide bonds. The van der Waals surface area contributed by atoms with E-state index < -0.39 is 0 Å². The fraction of sp³-hybridized carbons (Fsp3) is 0.571. The Bertz CT molecular complexity index is 350. The van der Waals surface area contributed by atoms with Gasteiger partial charge in [0.05, 0.1) is 0 Å². The Hall–Kier alpha value is -0.570. The van der Waals surface area contributed by atoms with E-state index in [1.165, 1.54) is 31.2 Å². The van der Waals surface area contributed by atoms with Gasteiger partial charge in [0.15, 0.2) is 0 Å². The molecule has 0 aliphatic heterocycles. The van der Waals surface area contributed by atoms with Crippen molar-refractivity contribution < 1.29 is 0 Å². The Balaban J connectivity index is 2.08. The van der Waals surface area contributed by atoms with Gasteiger partial charge in [-0.05, 0) is 42.4 Å². The summed E-state index contributed by atoms with van der Waals surface area (Å²) in [5.74, 6) is 7.26. The largest absolute Gasteiger partial charge is 0.271 e. The Kier molecular flexibility index (Phi) is 4.43. The molecule has 1 aliphatic carbocycles. The second-order valence-electron chi connectivity index (χ2n) is 5.04. The van der Waals surface area contributed by atoms with Crippen LogP contribution in [0.1, 0.15) is 44.2 Å². The van der Waals surface area contributed by atoms with Crippen LogP contribution in [0.5, 0.6) is 0 Å². The molecule has 0 saturated heterocycles. The first-order valence-corrected chi connectivity index (χ1v) is 6.84. The number of halogens is 1. The van der Waals surface area contributed by atoms with Crippen LogP contribution in [0.4, 0.5) is 0 Å². The lowest BCUT2D eigenvalue weighted by molar-refractivity contribution is 0.358. The minimum atomic E-state index is 0.267. The van der Waals surface area contributed by atoms with Gasteiger partial charge in [-0.3, -0.25) is 11.3 Å². The van der Waals surface area contributed by atoms with Crippen molar-refractivity contribution >= 4 is 11.6 Å². The van der Waals surface area contributed by atoms with Crippen LogP contribution in [0.25, 0.3) is 0 Å². The highest BCUT2D eigenvalue weighted by atomic mass is 35.5. The number of rotatable bonds is 4. The van der Waals surface area contributed by atoms with E-state index in [4.69, 9.17) is 17.4 Å². The SMILES string of the molecule is CCC1CCC(C(NN)c2ccc(Cl)cc2)C1. The predicted octanol–water partition coefficient (Wildman–Crippen LogP) is 3.67. The van der Waals surface area contributed by atoms with Crippen LogP contribution in [0.3, 0.4) is 0 Å². The molecular weight excluding hydrogens is 232 g/mol. The van der Waals surface area contributed by atoms with Gasteiger partial charge in [-0.2, -0.15) is 0 Å². The van der Waals surface area contributed by atoms with Crippen LogP contribution < -0.4 is 11.3 Å². The van der Waals surface area contributed by atoms with Crippen molar-refractivity contribution in [1.29, 1.82) is 0 Å². The van der Waals surface area contributed by atoms with E-state index in [9.17, 15) is 0 Å². The first-order chi connectivity index (χ1) is 8.24. The van der Waals surface area contributed by atoms with Gasteiger partial charge in [0.25, 0.3) is 0 Å². The van der Waals surface area contributed by atoms with Crippen molar-refractivity contribution in [2.75, 3.05) is 0 Å². The average Bonchev–Trinajstić information content (AvgIpc) is 2.81. The summed E-state index contributed by atoms with van der Waals surface area (Å²) in [4.78, 5) is 0. The zero-order valence-corrected chi connectivity index (χ0v) is 11.1. The van der Waals surface area contributed by atoms with E-state index in [0.29, 0.717) is 5.92 Å². The molecule has 3 N–H and O–H groups in total. The molecule has 3 heteroatoms. The predicted molar refractivity (Wildman–Crippen MR) is 72.6 cm³/mol. The topological polar surface area (TPSA) is 38.0 Å². The third-order valence-corrected chi connectivity index (χ3v) is 4.29. The van der Waals surface area contributed by atoms with E-state index >= 15 is 0 Å². The van der Waals surface area contributed by atoms with Gasteiger partial charge in [-0.25, -0.2) is 0 Å². The van der Waals surface area contributed by atoms with Crippen molar-refractivity contribution in [2.45, 2.75) is 38.6 Å². The molecule has 2 rings (SSSR count). The summed E-state index contributed by atoms with van der Waals surface area (Å²) in [5.41, 5.74) is 4.23. The van der Waals surface area contributed by atoms with Gasteiger partial charge in [0, 0.05) is 11.1 Å². The average molecular weight is 253 g/mol. The minimum absolute atomic E-state index is 0.267. The summed E-state index contributed by atoms with van der Waals surface area (Å²) in [6.45, 7) is 2.28. The number of hydrazine groups is 1. The molecule has 94 valence electrons. The van der Waals surface area contributed by atoms with E-state index in [1.54, 1.807) is 0 Å². The molecule has 1 aliphatic rings. The summed E-state index contributed by atoms with van der Waals surface area (Å²) in [7, 11) is 0. The number of nitrogens with two attached hydrogens (primary N) is 1. The van der Waals surface area contributed by atoms with E-state index in [2.05, 4.69) is 24.5 Å². The summed E-state index contributed by atoms with van der Waals surface area (Å²) < 4.78 is 0. The normalized spacial score (nSPS) is 26.1. The second-order valence-corrected chi connectivity index (χ2v) is 5.48. The first-order valence-electron chi connectivity index (χ1n) is 6.46. The van der Waals surface area contributed by atoms with Crippen molar-refractivity contribution in [3.8, 4) is 0 Å². The lowest BCUT2D eigenvalue weighted by Gasteiger charge is -2.23. The molecule has 2 nitrogen and oxygen atoms in total. The van der Waals surface area contributed by atoms with Crippen LogP contribution in [-0.2, 0) is 0 Å². The smallest absolute Gasteiger partial charge is 0.0488 e. The molecular formula is C14H21ClN2. The molecule has 3 unspecified atom stereocenters. The first kappa shape index (κ1) is 12.9. The highest BCUT2D eigenvalue weighted by Crippen LogP contribution is 2.40. The molecule has 1 aromatic rings. The molecule has 0 spiro atoms. The van der Waals surface area contributed by atoms with Crippen LogP contribution in [0, 0.1) is 11.8 Å². The van der Waals surface area contributed by atoms with Gasteiger partial charge in [-0.1, -0.05) is 43.5 Å². The lowest BCUT2D eigenvalue weighted by atomic mass is 9.91. The monoisotopic (exact) mass is 252 g/mol. The molecule has 0 heterocycles. The van der Waals surface area contributed by atoms with Crippen LogP contribution >= 0.6 is 11.6 Å². The number of nitrogens with one attached hydrogen (secondary N) is 1. The van der Waals surface area contributed by atoms with E-state index in [-0.39, 0.29) is 6.04 Å². The molecule has 3 atom stereocenters. The van der Waals surface area contributed by atoms with E-state index in [0.717, 1.165) is 10.9 Å². The number of hydrogen-bond acceptors (Lipinski definition) is 2. The van der Waals surface area contributed by atoms with Crippen molar-refractivity contribution in [3.05, 3.63) is 34.9 Å². The van der Waals surface area contributed by atoms with Gasteiger partial charge in [0.2, 0.25) is 0 Å². The summed E-state index contributed by atoms with van der Waals surface area (Å²) >= 11 is 5.91. The van der Waals surface area contributed by atoms with Gasteiger partial charge in [0.1, 0.15) is 0 Å². The Morgan fingerprint density at radius 2 is 2.06 bits per heavy atom. The second kappa shape index (κ2) is 5.85. The van der Waals surface area contributed by atoms with E-state index in [1.807, 2.05) is 12.1 Å². The Labute approximate surface area is 109 Å². The highest BCUT2D eigenvalue weighted by Gasteiger charge is 2.30. The standard InChI is InChI=1S/C14H21ClN2/c1-2-10-3-4-12(9-10)14(17-16)11-5-7-13(15)8-6-11/h5-8,10,12,14,17H,2-4,9,16H2,1H3. The molecule has 0 aromatic heterocycles. The highest BCUT2D eigenvalue weighted by molar-refractivity contribution is 6.30. The zero-order chi connectivity index (χ0) is 12.3. The molecule has 1 saturated carbocycles. The maximum atomic E-state index is 5.91. The van der Waals surface area contributed by atoms with Gasteiger partial charge >= 0.3 is 0 Å². The third kappa shape index (κ3) is 3.01.